The average Bonchev–Trinajstić information content (AvgIpc) is 2.76. The van der Waals surface area contributed by atoms with Crippen LogP contribution < -0.4 is 5.32 Å². The third-order valence-corrected chi connectivity index (χ3v) is 2.67. The SMILES string of the molecule is CNCc1cn(C2CCOC2)nc1C. The molecule has 78 valence electrons. The Kier molecular flexibility index (Phi) is 2.84. The van der Waals surface area contributed by atoms with Crippen molar-refractivity contribution in [3.8, 4) is 0 Å². The molecule has 0 saturated carbocycles. The average molecular weight is 195 g/mol. The summed E-state index contributed by atoms with van der Waals surface area (Å²) in [7, 11) is 1.95. The van der Waals surface area contributed by atoms with Crippen LogP contribution in [0.4, 0.5) is 0 Å². The molecular formula is C10H17N3O. The number of rotatable bonds is 3. The first-order chi connectivity index (χ1) is 6.81. The van der Waals surface area contributed by atoms with E-state index in [1.54, 1.807) is 0 Å². The molecule has 14 heavy (non-hydrogen) atoms. The third-order valence-electron chi connectivity index (χ3n) is 2.67. The fraction of sp³-hybridized carbons (Fsp3) is 0.700. The van der Waals surface area contributed by atoms with Gasteiger partial charge in [0.2, 0.25) is 0 Å². The lowest BCUT2D eigenvalue weighted by atomic mass is 10.2. The fourth-order valence-corrected chi connectivity index (χ4v) is 1.80. The lowest BCUT2D eigenvalue weighted by Crippen LogP contribution is -2.09. The molecule has 1 aliphatic rings. The molecule has 0 radical (unpaired) electrons. The summed E-state index contributed by atoms with van der Waals surface area (Å²) in [4.78, 5) is 0. The van der Waals surface area contributed by atoms with Gasteiger partial charge >= 0.3 is 0 Å². The van der Waals surface area contributed by atoms with Gasteiger partial charge in [0.15, 0.2) is 0 Å². The van der Waals surface area contributed by atoms with Gasteiger partial charge in [-0.15, -0.1) is 0 Å². The Hall–Kier alpha value is -0.870. The van der Waals surface area contributed by atoms with E-state index >= 15 is 0 Å². The third kappa shape index (κ3) is 1.81. The van der Waals surface area contributed by atoms with Crippen LogP contribution in [0.15, 0.2) is 6.20 Å². The molecule has 1 N–H and O–H groups in total. The maximum atomic E-state index is 5.34. The van der Waals surface area contributed by atoms with Gasteiger partial charge in [-0.25, -0.2) is 0 Å². The van der Waals surface area contributed by atoms with Crippen LogP contribution in [0.1, 0.15) is 23.7 Å². The van der Waals surface area contributed by atoms with Crippen molar-refractivity contribution in [3.05, 3.63) is 17.5 Å². The summed E-state index contributed by atoms with van der Waals surface area (Å²) in [5.41, 5.74) is 2.39. The van der Waals surface area contributed by atoms with Crippen LogP contribution in [0, 0.1) is 6.92 Å². The van der Waals surface area contributed by atoms with E-state index in [0.717, 1.165) is 31.9 Å². The van der Waals surface area contributed by atoms with Crippen molar-refractivity contribution in [1.82, 2.24) is 15.1 Å². The van der Waals surface area contributed by atoms with E-state index in [1.165, 1.54) is 5.56 Å². The maximum absolute atomic E-state index is 5.34. The monoisotopic (exact) mass is 195 g/mol. The molecule has 0 aliphatic carbocycles. The van der Waals surface area contributed by atoms with Gasteiger partial charge in [-0.3, -0.25) is 4.68 Å². The standard InChI is InChI=1S/C10H17N3O/c1-8-9(5-11-2)6-13(12-8)10-3-4-14-7-10/h6,10-11H,3-5,7H2,1-2H3. The lowest BCUT2D eigenvalue weighted by Gasteiger charge is -2.06. The van der Waals surface area contributed by atoms with Gasteiger partial charge in [-0.05, 0) is 20.4 Å². The van der Waals surface area contributed by atoms with Crippen molar-refractivity contribution in [3.63, 3.8) is 0 Å². The number of aryl methyl sites for hydroxylation is 1. The summed E-state index contributed by atoms with van der Waals surface area (Å²) in [6.07, 6.45) is 3.21. The Labute approximate surface area is 84.3 Å². The zero-order chi connectivity index (χ0) is 9.97. The van der Waals surface area contributed by atoms with Gasteiger partial charge in [0.1, 0.15) is 0 Å². The summed E-state index contributed by atoms with van der Waals surface area (Å²) >= 11 is 0. The zero-order valence-corrected chi connectivity index (χ0v) is 8.79. The highest BCUT2D eigenvalue weighted by atomic mass is 16.5. The molecule has 1 atom stereocenters. The Morgan fingerprint density at radius 2 is 2.57 bits per heavy atom. The molecule has 1 saturated heterocycles. The second-order valence-electron chi connectivity index (χ2n) is 3.77. The van der Waals surface area contributed by atoms with Crippen LogP contribution in [0.5, 0.6) is 0 Å². The molecule has 0 amide bonds. The van der Waals surface area contributed by atoms with Crippen LogP contribution in [0.3, 0.4) is 0 Å². The smallest absolute Gasteiger partial charge is 0.0774 e. The van der Waals surface area contributed by atoms with Gasteiger partial charge in [0.25, 0.3) is 0 Å². The number of hydrogen-bond acceptors (Lipinski definition) is 3. The minimum absolute atomic E-state index is 0.444. The second kappa shape index (κ2) is 4.11. The number of nitrogens with zero attached hydrogens (tertiary/aromatic N) is 2. The van der Waals surface area contributed by atoms with Gasteiger partial charge in [0, 0.05) is 24.9 Å². The molecule has 0 aromatic carbocycles. The van der Waals surface area contributed by atoms with E-state index in [9.17, 15) is 0 Å². The van der Waals surface area contributed by atoms with E-state index in [2.05, 4.69) is 28.2 Å². The van der Waals surface area contributed by atoms with Crippen molar-refractivity contribution >= 4 is 0 Å². The molecule has 2 rings (SSSR count). The van der Waals surface area contributed by atoms with E-state index in [-0.39, 0.29) is 0 Å². The highest BCUT2D eigenvalue weighted by molar-refractivity contribution is 5.15. The minimum Gasteiger partial charge on any atom is -0.379 e. The van der Waals surface area contributed by atoms with Crippen LogP contribution in [-0.4, -0.2) is 30.0 Å². The Morgan fingerprint density at radius 1 is 1.71 bits per heavy atom. The molecule has 1 aromatic rings. The molecule has 4 heteroatoms. The summed E-state index contributed by atoms with van der Waals surface area (Å²) in [5, 5.41) is 7.65. The predicted octanol–water partition coefficient (Wildman–Crippen LogP) is 0.872. The van der Waals surface area contributed by atoms with Gasteiger partial charge in [-0.1, -0.05) is 0 Å². The van der Waals surface area contributed by atoms with Gasteiger partial charge in [0.05, 0.1) is 18.3 Å². The molecule has 1 unspecified atom stereocenters. The molecule has 1 fully saturated rings. The molecule has 2 heterocycles. The molecule has 1 aliphatic heterocycles. The summed E-state index contributed by atoms with van der Waals surface area (Å²) in [6, 6.07) is 0.444. The minimum atomic E-state index is 0.444. The summed E-state index contributed by atoms with van der Waals surface area (Å²) in [6.45, 7) is 4.61. The fourth-order valence-electron chi connectivity index (χ4n) is 1.80. The van der Waals surface area contributed by atoms with Crippen LogP contribution >= 0.6 is 0 Å². The van der Waals surface area contributed by atoms with Gasteiger partial charge < -0.3 is 10.1 Å². The number of nitrogens with one attached hydrogen (secondary N) is 1. The number of hydrogen-bond donors (Lipinski definition) is 1. The van der Waals surface area contributed by atoms with Crippen molar-refractivity contribution < 1.29 is 4.74 Å². The Morgan fingerprint density at radius 3 is 3.21 bits per heavy atom. The predicted molar refractivity (Wildman–Crippen MR) is 54.2 cm³/mol. The van der Waals surface area contributed by atoms with E-state index in [1.807, 2.05) is 7.05 Å². The quantitative estimate of drug-likeness (QED) is 0.778. The zero-order valence-electron chi connectivity index (χ0n) is 8.79. The van der Waals surface area contributed by atoms with E-state index < -0.39 is 0 Å². The maximum Gasteiger partial charge on any atom is 0.0774 e. The molecular weight excluding hydrogens is 178 g/mol. The Bertz CT molecular complexity index is 302. The number of aromatic nitrogens is 2. The van der Waals surface area contributed by atoms with Gasteiger partial charge in [-0.2, -0.15) is 5.10 Å². The Balaban J connectivity index is 2.14. The largest absolute Gasteiger partial charge is 0.379 e. The van der Waals surface area contributed by atoms with Crippen molar-refractivity contribution in [2.75, 3.05) is 20.3 Å². The van der Waals surface area contributed by atoms with Crippen LogP contribution in [0.2, 0.25) is 0 Å². The van der Waals surface area contributed by atoms with E-state index in [4.69, 9.17) is 4.74 Å². The summed E-state index contributed by atoms with van der Waals surface area (Å²) < 4.78 is 7.39. The first-order valence-electron chi connectivity index (χ1n) is 5.08. The molecule has 1 aromatic heterocycles. The number of ether oxygens (including phenoxy) is 1. The molecule has 0 spiro atoms. The van der Waals surface area contributed by atoms with Crippen molar-refractivity contribution in [1.29, 1.82) is 0 Å². The topological polar surface area (TPSA) is 39.1 Å². The van der Waals surface area contributed by atoms with Crippen molar-refractivity contribution in [2.45, 2.75) is 25.9 Å². The van der Waals surface area contributed by atoms with E-state index in [0.29, 0.717) is 6.04 Å². The van der Waals surface area contributed by atoms with Crippen molar-refractivity contribution in [2.24, 2.45) is 0 Å². The molecule has 4 nitrogen and oxygen atoms in total. The normalized spacial score (nSPS) is 21.7. The second-order valence-corrected chi connectivity index (χ2v) is 3.77. The van der Waals surface area contributed by atoms with Crippen LogP contribution in [-0.2, 0) is 11.3 Å². The summed E-state index contributed by atoms with van der Waals surface area (Å²) in [5.74, 6) is 0. The lowest BCUT2D eigenvalue weighted by molar-refractivity contribution is 0.184. The first kappa shape index (κ1) is 9.68. The highest BCUT2D eigenvalue weighted by Gasteiger charge is 2.19. The highest BCUT2D eigenvalue weighted by Crippen LogP contribution is 2.19. The first-order valence-corrected chi connectivity index (χ1v) is 5.08. The van der Waals surface area contributed by atoms with Crippen LogP contribution in [0.25, 0.3) is 0 Å². The molecule has 0 bridgehead atoms.